The third-order valence-electron chi connectivity index (χ3n) is 3.70. The number of amides is 1. The van der Waals surface area contributed by atoms with E-state index in [0.29, 0.717) is 17.7 Å². The number of aromatic nitrogens is 3. The van der Waals surface area contributed by atoms with E-state index >= 15 is 0 Å². The maximum absolute atomic E-state index is 14.2. The summed E-state index contributed by atoms with van der Waals surface area (Å²) in [6, 6.07) is 2.99. The summed E-state index contributed by atoms with van der Waals surface area (Å²) in [6.07, 6.45) is -3.02. The lowest BCUT2D eigenvalue weighted by Crippen LogP contribution is -2.16. The Bertz CT molecular complexity index is 1030. The van der Waals surface area contributed by atoms with Crippen molar-refractivity contribution in [3.8, 4) is 11.4 Å². The monoisotopic (exact) mass is 414 g/mol. The van der Waals surface area contributed by atoms with Crippen LogP contribution in [-0.4, -0.2) is 21.2 Å². The van der Waals surface area contributed by atoms with E-state index in [2.05, 4.69) is 19.6 Å². The molecule has 12 heteroatoms. The molecule has 0 unspecified atom stereocenters. The summed E-state index contributed by atoms with van der Waals surface area (Å²) in [5, 5.41) is 4.94. The fourth-order valence-corrected chi connectivity index (χ4v) is 2.21. The molecule has 1 aromatic carbocycles. The molecule has 152 valence electrons. The van der Waals surface area contributed by atoms with Crippen LogP contribution in [0, 0.1) is 18.6 Å². The molecule has 2 heterocycles. The molecule has 3 aromatic rings. The zero-order valence-electron chi connectivity index (χ0n) is 14.6. The van der Waals surface area contributed by atoms with Gasteiger partial charge in [0.2, 0.25) is 5.82 Å². The number of carbonyl (C=O) groups is 1. The average Bonchev–Trinajstić information content (AvgIpc) is 3.14. The van der Waals surface area contributed by atoms with Crippen LogP contribution in [0.5, 0.6) is 0 Å². The molecule has 29 heavy (non-hydrogen) atoms. The Morgan fingerprint density at radius 3 is 2.52 bits per heavy atom. The van der Waals surface area contributed by atoms with Crippen molar-refractivity contribution in [3.63, 3.8) is 0 Å². The number of anilines is 1. The van der Waals surface area contributed by atoms with Gasteiger partial charge in [-0.3, -0.25) is 10.3 Å². The number of aryl methyl sites for hydroxylation is 1. The number of nitrogens with zero attached hydrogens (tertiary/aromatic N) is 3. The molecule has 0 spiro atoms. The van der Waals surface area contributed by atoms with Crippen LogP contribution in [-0.2, 0) is 17.5 Å². The SMILES string of the molecule is Cc1ccncc1COC(=O)Nc1c(F)cc(-c2noc(C(F)(F)F)n2)cc1F. The van der Waals surface area contributed by atoms with Crippen LogP contribution in [0.1, 0.15) is 17.0 Å². The molecule has 0 atom stereocenters. The van der Waals surface area contributed by atoms with Gasteiger partial charge in [0.25, 0.3) is 0 Å². The molecule has 0 aliphatic heterocycles. The fraction of sp³-hybridized carbons (Fsp3) is 0.176. The van der Waals surface area contributed by atoms with Gasteiger partial charge in [-0.15, -0.1) is 0 Å². The molecule has 0 fully saturated rings. The second-order valence-corrected chi connectivity index (χ2v) is 5.74. The van der Waals surface area contributed by atoms with Gasteiger partial charge in [0, 0.05) is 23.5 Å². The van der Waals surface area contributed by atoms with Crippen molar-refractivity contribution in [2.24, 2.45) is 0 Å². The van der Waals surface area contributed by atoms with E-state index in [1.54, 1.807) is 19.2 Å². The van der Waals surface area contributed by atoms with E-state index in [-0.39, 0.29) is 6.61 Å². The summed E-state index contributed by atoms with van der Waals surface area (Å²) < 4.78 is 74.8. The number of rotatable bonds is 4. The van der Waals surface area contributed by atoms with Gasteiger partial charge in [0.15, 0.2) is 11.6 Å². The smallest absolute Gasteiger partial charge is 0.444 e. The van der Waals surface area contributed by atoms with Gasteiger partial charge in [0.05, 0.1) is 0 Å². The summed E-state index contributed by atoms with van der Waals surface area (Å²) in [5.74, 6) is -4.87. The number of hydrogen-bond donors (Lipinski definition) is 1. The summed E-state index contributed by atoms with van der Waals surface area (Å²) >= 11 is 0. The van der Waals surface area contributed by atoms with Crippen LogP contribution in [0.3, 0.4) is 0 Å². The van der Waals surface area contributed by atoms with Crippen molar-refractivity contribution in [2.45, 2.75) is 19.7 Å². The lowest BCUT2D eigenvalue weighted by atomic mass is 10.1. The van der Waals surface area contributed by atoms with Crippen molar-refractivity contribution >= 4 is 11.8 Å². The number of pyridine rings is 1. The quantitative estimate of drug-likeness (QED) is 0.633. The first-order valence-corrected chi connectivity index (χ1v) is 7.88. The molecule has 0 saturated heterocycles. The largest absolute Gasteiger partial charge is 0.471 e. The van der Waals surface area contributed by atoms with E-state index in [0.717, 1.165) is 5.56 Å². The van der Waals surface area contributed by atoms with Crippen LogP contribution in [0.4, 0.5) is 32.4 Å². The normalized spacial score (nSPS) is 11.4. The van der Waals surface area contributed by atoms with E-state index in [9.17, 15) is 26.7 Å². The second kappa shape index (κ2) is 7.81. The number of nitrogens with one attached hydrogen (secondary N) is 1. The molecule has 0 radical (unpaired) electrons. The second-order valence-electron chi connectivity index (χ2n) is 5.74. The molecular formula is C17H11F5N4O3. The Kier molecular flexibility index (Phi) is 5.43. The first-order chi connectivity index (χ1) is 13.6. The van der Waals surface area contributed by atoms with Crippen LogP contribution >= 0.6 is 0 Å². The lowest BCUT2D eigenvalue weighted by Gasteiger charge is -2.10. The molecular weight excluding hydrogens is 403 g/mol. The summed E-state index contributed by atoms with van der Waals surface area (Å²) in [5.41, 5.74) is 0.134. The number of halogens is 5. The van der Waals surface area contributed by atoms with Gasteiger partial charge in [-0.05, 0) is 30.7 Å². The third-order valence-corrected chi connectivity index (χ3v) is 3.70. The van der Waals surface area contributed by atoms with E-state index < -0.39 is 46.9 Å². The minimum atomic E-state index is -4.90. The Balaban J connectivity index is 1.73. The number of ether oxygens (including phenoxy) is 1. The average molecular weight is 414 g/mol. The topological polar surface area (TPSA) is 90.1 Å². The highest BCUT2D eigenvalue weighted by atomic mass is 19.4. The van der Waals surface area contributed by atoms with Gasteiger partial charge >= 0.3 is 18.2 Å². The van der Waals surface area contributed by atoms with Gasteiger partial charge in [-0.1, -0.05) is 5.16 Å². The van der Waals surface area contributed by atoms with E-state index in [4.69, 9.17) is 4.74 Å². The van der Waals surface area contributed by atoms with Crippen LogP contribution in [0.2, 0.25) is 0 Å². The summed E-state index contributed by atoms with van der Waals surface area (Å²) in [4.78, 5) is 18.7. The van der Waals surface area contributed by atoms with Crippen molar-refractivity contribution in [1.82, 2.24) is 15.1 Å². The van der Waals surface area contributed by atoms with Crippen LogP contribution in [0.15, 0.2) is 35.1 Å². The molecule has 0 aliphatic carbocycles. The zero-order valence-corrected chi connectivity index (χ0v) is 14.6. The maximum Gasteiger partial charge on any atom is 0.471 e. The highest BCUT2D eigenvalue weighted by Crippen LogP contribution is 2.31. The first-order valence-electron chi connectivity index (χ1n) is 7.88. The Hall–Kier alpha value is -3.57. The molecule has 3 rings (SSSR count). The summed E-state index contributed by atoms with van der Waals surface area (Å²) in [7, 11) is 0. The predicted octanol–water partition coefficient (Wildman–Crippen LogP) is 4.49. The number of hydrogen-bond acceptors (Lipinski definition) is 6. The zero-order chi connectivity index (χ0) is 21.2. The van der Waals surface area contributed by atoms with Crippen molar-refractivity contribution in [1.29, 1.82) is 0 Å². The lowest BCUT2D eigenvalue weighted by molar-refractivity contribution is -0.159. The number of alkyl halides is 3. The van der Waals surface area contributed by atoms with E-state index in [1.807, 2.05) is 5.32 Å². The highest BCUT2D eigenvalue weighted by Gasteiger charge is 2.38. The molecule has 0 saturated carbocycles. The van der Waals surface area contributed by atoms with Gasteiger partial charge < -0.3 is 9.26 Å². The van der Waals surface area contributed by atoms with Crippen LogP contribution in [0.25, 0.3) is 11.4 Å². The first kappa shape index (κ1) is 20.2. The van der Waals surface area contributed by atoms with E-state index in [1.165, 1.54) is 6.20 Å². The summed E-state index contributed by atoms with van der Waals surface area (Å²) in [6.45, 7) is 1.58. The highest BCUT2D eigenvalue weighted by molar-refractivity contribution is 5.85. The molecule has 0 aliphatic rings. The van der Waals surface area contributed by atoms with Gasteiger partial charge in [-0.2, -0.15) is 18.2 Å². The molecule has 1 amide bonds. The van der Waals surface area contributed by atoms with Crippen molar-refractivity contribution in [3.05, 3.63) is 59.2 Å². The molecule has 7 nitrogen and oxygen atoms in total. The minimum Gasteiger partial charge on any atom is -0.444 e. The maximum atomic E-state index is 14.2. The van der Waals surface area contributed by atoms with Crippen molar-refractivity contribution in [2.75, 3.05) is 5.32 Å². The Morgan fingerprint density at radius 2 is 1.93 bits per heavy atom. The molecule has 2 aromatic heterocycles. The molecule has 0 bridgehead atoms. The third kappa shape index (κ3) is 4.65. The number of carbonyl (C=O) groups excluding carboxylic acids is 1. The van der Waals surface area contributed by atoms with Gasteiger partial charge in [-0.25, -0.2) is 13.6 Å². The van der Waals surface area contributed by atoms with Crippen LogP contribution < -0.4 is 5.32 Å². The fourth-order valence-electron chi connectivity index (χ4n) is 2.21. The molecule has 1 N–H and O–H groups in total. The Labute approximate surface area is 159 Å². The minimum absolute atomic E-state index is 0.185. The predicted molar refractivity (Wildman–Crippen MR) is 87.4 cm³/mol. The van der Waals surface area contributed by atoms with Crippen molar-refractivity contribution < 1.29 is 36.0 Å². The van der Waals surface area contributed by atoms with Gasteiger partial charge in [0.1, 0.15) is 12.3 Å². The standard InChI is InChI=1S/C17H11F5N4O3/c1-8-2-3-23-6-10(8)7-28-16(27)24-13-11(18)4-9(5-12(13)19)14-25-15(29-26-14)17(20,21)22/h2-6H,7H2,1H3,(H,24,27). The number of benzene rings is 1. The Morgan fingerprint density at radius 1 is 1.24 bits per heavy atom.